The van der Waals surface area contributed by atoms with Crippen molar-refractivity contribution >= 4 is 17.4 Å². The molecule has 39 heavy (non-hydrogen) atoms. The van der Waals surface area contributed by atoms with Crippen molar-refractivity contribution in [2.24, 2.45) is 0 Å². The van der Waals surface area contributed by atoms with Crippen LogP contribution in [0.3, 0.4) is 0 Å². The summed E-state index contributed by atoms with van der Waals surface area (Å²) in [6, 6.07) is 6.47. The first-order valence-corrected chi connectivity index (χ1v) is 11.9. The van der Waals surface area contributed by atoms with Crippen molar-refractivity contribution in [2.75, 3.05) is 44.5 Å². The van der Waals surface area contributed by atoms with Crippen molar-refractivity contribution in [3.05, 3.63) is 60.0 Å². The molecule has 3 heterocycles. The fourth-order valence-electron chi connectivity index (χ4n) is 4.52. The van der Waals surface area contributed by atoms with Crippen molar-refractivity contribution < 1.29 is 36.2 Å². The van der Waals surface area contributed by atoms with Crippen molar-refractivity contribution in [3.63, 3.8) is 0 Å². The quantitative estimate of drug-likeness (QED) is 0.424. The molecule has 208 valence electrons. The smallest absolute Gasteiger partial charge is 0.416 e. The standard InChI is InChI=1S/C26H26F5N5O3/c1-38-21-10-19(33-12-18(21)15-3-5-16(6-4-15)26(29,30)31)25(37)36-8-7-35(14-17(36)9-23(27)28)20-13-34-24(32)11-22(20)39-2/h3-6,10-13,17,23H,7-9,14H2,1-2H3,(H2,32,34)/t17-/m0/s1. The fraction of sp³-hybridized carbons (Fsp3) is 0.346. The van der Waals surface area contributed by atoms with Gasteiger partial charge in [0.2, 0.25) is 6.43 Å². The molecule has 1 saturated heterocycles. The molecule has 4 rings (SSSR count). The van der Waals surface area contributed by atoms with E-state index in [0.29, 0.717) is 29.1 Å². The second-order valence-corrected chi connectivity index (χ2v) is 8.85. The number of carbonyl (C=O) groups excluding carboxylic acids is 1. The number of benzene rings is 1. The third-order valence-corrected chi connectivity index (χ3v) is 6.45. The number of ether oxygens (including phenoxy) is 2. The molecule has 1 aliphatic heterocycles. The zero-order valence-electron chi connectivity index (χ0n) is 21.1. The van der Waals surface area contributed by atoms with E-state index in [0.717, 1.165) is 12.1 Å². The lowest BCUT2D eigenvalue weighted by Gasteiger charge is -2.42. The molecule has 13 heteroatoms. The molecule has 0 saturated carbocycles. The number of anilines is 2. The van der Waals surface area contributed by atoms with E-state index in [-0.39, 0.29) is 30.4 Å². The van der Waals surface area contributed by atoms with E-state index >= 15 is 0 Å². The van der Waals surface area contributed by atoms with Gasteiger partial charge in [0.05, 0.1) is 37.7 Å². The van der Waals surface area contributed by atoms with Crippen molar-refractivity contribution in [1.82, 2.24) is 14.9 Å². The van der Waals surface area contributed by atoms with E-state index in [1.54, 1.807) is 0 Å². The van der Waals surface area contributed by atoms with E-state index in [1.807, 2.05) is 4.90 Å². The molecular weight excluding hydrogens is 525 g/mol. The van der Waals surface area contributed by atoms with Gasteiger partial charge in [-0.2, -0.15) is 13.2 Å². The van der Waals surface area contributed by atoms with E-state index in [4.69, 9.17) is 15.2 Å². The lowest BCUT2D eigenvalue weighted by atomic mass is 10.0. The van der Waals surface area contributed by atoms with Gasteiger partial charge in [0.15, 0.2) is 0 Å². The molecule has 1 amide bonds. The number of rotatable bonds is 7. The van der Waals surface area contributed by atoms with Crippen LogP contribution >= 0.6 is 0 Å². The topological polar surface area (TPSA) is 93.8 Å². The van der Waals surface area contributed by atoms with Gasteiger partial charge < -0.3 is 25.0 Å². The van der Waals surface area contributed by atoms with Crippen LogP contribution < -0.4 is 20.1 Å². The van der Waals surface area contributed by atoms with Gasteiger partial charge in [0.1, 0.15) is 23.0 Å². The average Bonchev–Trinajstić information content (AvgIpc) is 2.91. The number of piperazine rings is 1. The van der Waals surface area contributed by atoms with E-state index in [9.17, 15) is 26.7 Å². The Morgan fingerprint density at radius 1 is 1.05 bits per heavy atom. The maximum absolute atomic E-state index is 13.5. The van der Waals surface area contributed by atoms with Crippen LogP contribution in [-0.4, -0.2) is 67.1 Å². The zero-order valence-corrected chi connectivity index (χ0v) is 21.1. The predicted octanol–water partition coefficient (Wildman–Crippen LogP) is 4.75. The molecular formula is C26H26F5N5O3. The molecule has 1 atom stereocenters. The molecule has 1 aromatic carbocycles. The van der Waals surface area contributed by atoms with Crippen molar-refractivity contribution in [2.45, 2.75) is 25.1 Å². The van der Waals surface area contributed by atoms with Gasteiger partial charge >= 0.3 is 6.18 Å². The third-order valence-electron chi connectivity index (χ3n) is 6.45. The molecule has 0 unspecified atom stereocenters. The molecule has 0 aliphatic carbocycles. The summed E-state index contributed by atoms with van der Waals surface area (Å²) in [5.41, 5.74) is 6.23. The maximum atomic E-state index is 13.5. The second kappa shape index (κ2) is 11.3. The summed E-state index contributed by atoms with van der Waals surface area (Å²) in [6.07, 6.45) is -4.89. The van der Waals surface area contributed by atoms with Crippen LogP contribution in [0.2, 0.25) is 0 Å². The van der Waals surface area contributed by atoms with Crippen LogP contribution in [0.15, 0.2) is 48.8 Å². The first kappa shape index (κ1) is 27.9. The molecule has 0 bridgehead atoms. The highest BCUT2D eigenvalue weighted by atomic mass is 19.4. The minimum absolute atomic E-state index is 0.0399. The lowest BCUT2D eigenvalue weighted by Crippen LogP contribution is -2.56. The Hall–Kier alpha value is -4.16. The van der Waals surface area contributed by atoms with E-state index < -0.39 is 36.5 Å². The van der Waals surface area contributed by atoms with Crippen LogP contribution in [0.4, 0.5) is 33.5 Å². The number of pyridine rings is 2. The average molecular weight is 552 g/mol. The Kier molecular flexibility index (Phi) is 8.07. The Morgan fingerprint density at radius 3 is 2.36 bits per heavy atom. The van der Waals surface area contributed by atoms with Gasteiger partial charge in [-0.15, -0.1) is 0 Å². The Labute approximate surface area is 221 Å². The first-order valence-electron chi connectivity index (χ1n) is 11.9. The van der Waals surface area contributed by atoms with Gasteiger partial charge in [-0.25, -0.2) is 13.8 Å². The van der Waals surface area contributed by atoms with Gasteiger partial charge in [-0.3, -0.25) is 9.78 Å². The number of aromatic nitrogens is 2. The van der Waals surface area contributed by atoms with Gasteiger partial charge in [0, 0.05) is 49.9 Å². The molecule has 2 aromatic heterocycles. The number of nitrogen functional groups attached to an aromatic ring is 1. The Bertz CT molecular complexity index is 1320. The number of hydrogen-bond donors (Lipinski definition) is 1. The summed E-state index contributed by atoms with van der Waals surface area (Å²) in [6.45, 7) is 0.529. The third kappa shape index (κ3) is 6.13. The zero-order chi connectivity index (χ0) is 28.3. The highest BCUT2D eigenvalue weighted by molar-refractivity contribution is 5.94. The highest BCUT2D eigenvalue weighted by Gasteiger charge is 2.35. The summed E-state index contributed by atoms with van der Waals surface area (Å²) in [5, 5.41) is 0. The normalized spacial score (nSPS) is 15.9. The molecule has 0 radical (unpaired) electrons. The number of alkyl halides is 5. The largest absolute Gasteiger partial charge is 0.496 e. The number of amides is 1. The highest BCUT2D eigenvalue weighted by Crippen LogP contribution is 2.35. The first-order chi connectivity index (χ1) is 18.5. The Morgan fingerprint density at radius 2 is 1.74 bits per heavy atom. The number of halogens is 5. The summed E-state index contributed by atoms with van der Waals surface area (Å²) in [4.78, 5) is 24.9. The minimum atomic E-state index is -4.48. The number of carbonyl (C=O) groups is 1. The lowest BCUT2D eigenvalue weighted by molar-refractivity contribution is -0.137. The van der Waals surface area contributed by atoms with Gasteiger partial charge in [-0.1, -0.05) is 12.1 Å². The van der Waals surface area contributed by atoms with E-state index in [2.05, 4.69) is 9.97 Å². The maximum Gasteiger partial charge on any atom is 0.416 e. The monoisotopic (exact) mass is 551 g/mol. The molecule has 0 spiro atoms. The predicted molar refractivity (Wildman–Crippen MR) is 134 cm³/mol. The number of nitrogens with zero attached hydrogens (tertiary/aromatic N) is 4. The van der Waals surface area contributed by atoms with Crippen molar-refractivity contribution in [1.29, 1.82) is 0 Å². The van der Waals surface area contributed by atoms with Crippen LogP contribution in [0.5, 0.6) is 11.5 Å². The molecule has 3 aromatic rings. The van der Waals surface area contributed by atoms with Crippen LogP contribution in [0.1, 0.15) is 22.5 Å². The van der Waals surface area contributed by atoms with Crippen LogP contribution in [0.25, 0.3) is 11.1 Å². The summed E-state index contributed by atoms with van der Waals surface area (Å²) >= 11 is 0. The summed E-state index contributed by atoms with van der Waals surface area (Å²) in [7, 11) is 2.81. The molecule has 1 fully saturated rings. The molecule has 1 aliphatic rings. The second-order valence-electron chi connectivity index (χ2n) is 8.85. The molecule has 2 N–H and O–H groups in total. The molecule has 8 nitrogen and oxygen atoms in total. The van der Waals surface area contributed by atoms with Gasteiger partial charge in [0.25, 0.3) is 5.91 Å². The van der Waals surface area contributed by atoms with Crippen LogP contribution in [0, 0.1) is 0 Å². The summed E-state index contributed by atoms with van der Waals surface area (Å²) < 4.78 is 76.6. The Balaban J connectivity index is 1.59. The number of methoxy groups -OCH3 is 2. The fourth-order valence-corrected chi connectivity index (χ4v) is 4.52. The van der Waals surface area contributed by atoms with Crippen molar-refractivity contribution in [3.8, 4) is 22.6 Å². The summed E-state index contributed by atoms with van der Waals surface area (Å²) in [5.74, 6) is 0.312. The van der Waals surface area contributed by atoms with Crippen LogP contribution in [-0.2, 0) is 6.18 Å². The minimum Gasteiger partial charge on any atom is -0.496 e. The van der Waals surface area contributed by atoms with E-state index in [1.165, 1.54) is 55.8 Å². The SMILES string of the molecule is COc1cc(C(=O)N2CCN(c3cnc(N)cc3OC)C[C@@H]2CC(F)F)ncc1-c1ccc(C(F)(F)F)cc1. The number of nitrogens with two attached hydrogens (primary N) is 1. The number of hydrogen-bond acceptors (Lipinski definition) is 7. The van der Waals surface area contributed by atoms with Gasteiger partial charge in [-0.05, 0) is 17.7 Å².